The van der Waals surface area contributed by atoms with Crippen LogP contribution in [0.1, 0.15) is 59.8 Å². The third-order valence-electron chi connectivity index (χ3n) is 12.0. The van der Waals surface area contributed by atoms with E-state index in [0.29, 0.717) is 5.71 Å². The van der Waals surface area contributed by atoms with E-state index in [1.54, 1.807) is 0 Å². The fraction of sp³-hybridized carbons (Fsp3) is 0.172. The van der Waals surface area contributed by atoms with Crippen molar-refractivity contribution < 1.29 is 24.5 Å². The molecule has 0 saturated carbocycles. The topological polar surface area (TPSA) is 64.7 Å². The van der Waals surface area contributed by atoms with Gasteiger partial charge in [-0.15, -0.1) is 53.6 Å². The summed E-state index contributed by atoms with van der Waals surface area (Å²) in [7, 11) is 0. The van der Waals surface area contributed by atoms with Gasteiger partial charge in [-0.2, -0.15) is 0 Å². The molecular weight excluding hydrogens is 961 g/mol. The molecule has 5 nitrogen and oxygen atoms in total. The van der Waals surface area contributed by atoms with Crippen LogP contribution in [0.2, 0.25) is 0 Å². The van der Waals surface area contributed by atoms with Gasteiger partial charge in [0.25, 0.3) is 0 Å². The van der Waals surface area contributed by atoms with Crippen molar-refractivity contribution in [3.05, 3.63) is 191 Å². The van der Waals surface area contributed by atoms with Crippen LogP contribution in [0.25, 0.3) is 89.0 Å². The number of nitrogens with zero attached hydrogens (tertiary/aromatic N) is 4. The number of pyridine rings is 4. The van der Waals surface area contributed by atoms with Crippen LogP contribution in [0.5, 0.6) is 0 Å². The van der Waals surface area contributed by atoms with Crippen molar-refractivity contribution in [2.24, 2.45) is 0 Å². The van der Waals surface area contributed by atoms with Crippen molar-refractivity contribution in [2.45, 2.75) is 67.7 Å². The molecule has 0 N–H and O–H groups in total. The maximum atomic E-state index is 6.26. The summed E-state index contributed by atoms with van der Waals surface area (Å²) in [5, 5.41) is 3.13. The molecule has 64 heavy (non-hydrogen) atoms. The zero-order chi connectivity index (χ0) is 44.0. The van der Waals surface area contributed by atoms with E-state index in [-0.39, 0.29) is 25.5 Å². The molecule has 5 aromatic heterocycles. The molecule has 6 heteroatoms. The van der Waals surface area contributed by atoms with Crippen molar-refractivity contribution in [3.63, 3.8) is 0 Å². The van der Waals surface area contributed by atoms with Gasteiger partial charge in [0.2, 0.25) is 5.71 Å². The number of hydrogen-bond acceptors (Lipinski definition) is 5. The Bertz CT molecular complexity index is 3320. The third kappa shape index (κ3) is 8.82. The smallest absolute Gasteiger partial charge is 0.216 e. The molecule has 319 valence electrons. The Kier molecular flexibility index (Phi) is 12.3. The predicted molar refractivity (Wildman–Crippen MR) is 261 cm³/mol. The normalized spacial score (nSPS) is 11.4. The summed E-state index contributed by atoms with van der Waals surface area (Å²) >= 11 is 0. The molecule has 10 aromatic rings. The quantitative estimate of drug-likeness (QED) is 0.161. The van der Waals surface area contributed by atoms with E-state index in [0.717, 1.165) is 77.9 Å². The second kappa shape index (κ2) is 17.9. The maximum Gasteiger partial charge on any atom is 0.216 e. The van der Waals surface area contributed by atoms with Crippen LogP contribution >= 0.6 is 0 Å². The summed E-state index contributed by atoms with van der Waals surface area (Å²) in [5.41, 5.74) is 21.3. The zero-order valence-corrected chi connectivity index (χ0v) is 40.2. The molecule has 0 saturated heterocycles. The summed E-state index contributed by atoms with van der Waals surface area (Å²) in [6.07, 6.45) is 3.89. The minimum atomic E-state index is 0. The summed E-state index contributed by atoms with van der Waals surface area (Å²) in [6.45, 7) is 19.3. The SMILES string of the molecule is Cc1c[c-]c(-c2cc(-c3ccccc3C)c(C)cn2)cc1.Cc1ccc2c(n1)oc1c(-c3cc(-c4cc5ccc(-c6ccc(C(C)(C)C)cc6)nc5cc4C)c(C)cn3)[c-]ccc12.[Ir]. The standard InChI is InChI=1S/C38H32N3O.C20H18N.Ir/c1-22-18-34-26(13-17-33(41-34)25-11-14-27(15-12-25)38(4,5)6)19-31(22)32-20-35(39-21-23(32)2)30-9-7-8-28-29-16-10-24(3)40-37(29)42-36(28)30;1-14-8-10-17(11-9-14)20-12-19(16(3)13-21-20)18-7-5-4-6-15(18)2;/h7-8,10-21H,1-6H3;4-10,12-13H,1-3H3;/q2*-1;. The summed E-state index contributed by atoms with van der Waals surface area (Å²) in [5.74, 6) is 0. The summed E-state index contributed by atoms with van der Waals surface area (Å²) in [4.78, 5) is 19.0. The molecule has 10 rings (SSSR count). The van der Waals surface area contributed by atoms with E-state index in [9.17, 15) is 0 Å². The Morgan fingerprint density at radius 3 is 1.97 bits per heavy atom. The number of hydrogen-bond donors (Lipinski definition) is 0. The Balaban J connectivity index is 0.000000214. The van der Waals surface area contributed by atoms with Gasteiger partial charge in [-0.1, -0.05) is 105 Å². The van der Waals surface area contributed by atoms with Crippen LogP contribution in [0.15, 0.2) is 144 Å². The second-order valence-electron chi connectivity index (χ2n) is 17.8. The van der Waals surface area contributed by atoms with Crippen LogP contribution in [0.3, 0.4) is 0 Å². The zero-order valence-electron chi connectivity index (χ0n) is 37.8. The molecule has 0 spiro atoms. The Labute approximate surface area is 390 Å². The molecule has 1 radical (unpaired) electrons. The first kappa shape index (κ1) is 44.0. The van der Waals surface area contributed by atoms with E-state index in [1.165, 1.54) is 44.5 Å². The van der Waals surface area contributed by atoms with Crippen molar-refractivity contribution in [2.75, 3.05) is 0 Å². The monoisotopic (exact) mass is 1010 g/mol. The van der Waals surface area contributed by atoms with Gasteiger partial charge in [-0.25, -0.2) is 9.97 Å². The van der Waals surface area contributed by atoms with Gasteiger partial charge in [0.1, 0.15) is 0 Å². The van der Waals surface area contributed by atoms with Crippen molar-refractivity contribution in [3.8, 4) is 56.0 Å². The van der Waals surface area contributed by atoms with Gasteiger partial charge < -0.3 is 14.4 Å². The van der Waals surface area contributed by atoms with E-state index in [4.69, 9.17) is 14.4 Å². The van der Waals surface area contributed by atoms with E-state index in [1.807, 2.05) is 43.6 Å². The number of rotatable bonds is 5. The van der Waals surface area contributed by atoms with Crippen LogP contribution in [0, 0.1) is 53.7 Å². The summed E-state index contributed by atoms with van der Waals surface area (Å²) < 4.78 is 6.26. The van der Waals surface area contributed by atoms with Gasteiger partial charge in [0.05, 0.1) is 16.8 Å². The van der Waals surface area contributed by atoms with Crippen molar-refractivity contribution in [1.82, 2.24) is 19.9 Å². The molecule has 5 heterocycles. The maximum absolute atomic E-state index is 6.26. The van der Waals surface area contributed by atoms with Crippen LogP contribution in [0.4, 0.5) is 0 Å². The number of furan rings is 1. The first-order valence-electron chi connectivity index (χ1n) is 21.5. The average Bonchev–Trinajstić information content (AvgIpc) is 3.65. The van der Waals surface area contributed by atoms with E-state index < -0.39 is 0 Å². The molecule has 0 bridgehead atoms. The van der Waals surface area contributed by atoms with Gasteiger partial charge in [0, 0.05) is 54.5 Å². The first-order valence-corrected chi connectivity index (χ1v) is 21.5. The number of aromatic nitrogens is 4. The first-order chi connectivity index (χ1) is 30.3. The van der Waals surface area contributed by atoms with Gasteiger partial charge in [0.15, 0.2) is 0 Å². The minimum absolute atomic E-state index is 0. The largest absolute Gasteiger partial charge is 0.486 e. The number of fused-ring (bicyclic) bond motifs is 4. The molecule has 5 aromatic carbocycles. The fourth-order valence-electron chi connectivity index (χ4n) is 8.22. The second-order valence-corrected chi connectivity index (χ2v) is 17.8. The van der Waals surface area contributed by atoms with Gasteiger partial charge >= 0.3 is 0 Å². The van der Waals surface area contributed by atoms with Crippen LogP contribution in [-0.4, -0.2) is 19.9 Å². The average molecular weight is 1010 g/mol. The Morgan fingerprint density at radius 1 is 0.547 bits per heavy atom. The third-order valence-corrected chi connectivity index (χ3v) is 12.0. The van der Waals surface area contributed by atoms with Crippen molar-refractivity contribution >= 4 is 33.0 Å². The van der Waals surface area contributed by atoms with Crippen LogP contribution < -0.4 is 0 Å². The Hall–Kier alpha value is -6.59. The fourth-order valence-corrected chi connectivity index (χ4v) is 8.22. The molecular formula is C58H50IrN4O-2. The molecule has 0 aliphatic heterocycles. The molecule has 0 fully saturated rings. The molecule has 0 amide bonds. The van der Waals surface area contributed by atoms with Crippen LogP contribution in [-0.2, 0) is 25.5 Å². The van der Waals surface area contributed by atoms with Gasteiger partial charge in [-0.3, -0.25) is 0 Å². The van der Waals surface area contributed by atoms with E-state index in [2.05, 4.69) is 181 Å². The number of benzene rings is 5. The minimum Gasteiger partial charge on any atom is -0.486 e. The predicted octanol–water partition coefficient (Wildman–Crippen LogP) is 15.1. The van der Waals surface area contributed by atoms with Gasteiger partial charge in [-0.05, 0) is 132 Å². The Morgan fingerprint density at radius 2 is 1.25 bits per heavy atom. The summed E-state index contributed by atoms with van der Waals surface area (Å²) in [6, 6.07) is 51.2. The van der Waals surface area contributed by atoms with E-state index >= 15 is 0 Å². The number of aryl methyl sites for hydroxylation is 6. The molecule has 0 unspecified atom stereocenters. The molecule has 0 aliphatic carbocycles. The molecule has 0 atom stereocenters. The molecule has 0 aliphatic rings. The van der Waals surface area contributed by atoms with Crippen molar-refractivity contribution in [1.29, 1.82) is 0 Å².